The van der Waals surface area contributed by atoms with Gasteiger partial charge in [0.05, 0.1) is 5.69 Å². The van der Waals surface area contributed by atoms with E-state index >= 15 is 0 Å². The highest BCUT2D eigenvalue weighted by Gasteiger charge is 2.08. The number of hydrogen-bond acceptors (Lipinski definition) is 4. The van der Waals surface area contributed by atoms with Gasteiger partial charge in [0.2, 0.25) is 0 Å². The summed E-state index contributed by atoms with van der Waals surface area (Å²) in [7, 11) is 0. The van der Waals surface area contributed by atoms with Crippen molar-refractivity contribution in [3.63, 3.8) is 0 Å². The fraction of sp³-hybridized carbons (Fsp3) is 0.231. The van der Waals surface area contributed by atoms with Crippen molar-refractivity contribution in [3.05, 3.63) is 42.4 Å². The van der Waals surface area contributed by atoms with E-state index in [0.29, 0.717) is 0 Å². The maximum atomic E-state index is 4.38. The lowest BCUT2D eigenvalue weighted by Gasteiger charge is -1.98. The Labute approximate surface area is 106 Å². The molecular weight excluding hydrogens is 226 g/mol. The Balaban J connectivity index is 0.000000574. The van der Waals surface area contributed by atoms with Crippen LogP contribution in [-0.4, -0.2) is 24.8 Å². The highest BCUT2D eigenvalue weighted by Crippen LogP contribution is 2.15. The molecule has 0 aliphatic rings. The minimum Gasteiger partial charge on any atom is -0.265 e. The van der Waals surface area contributed by atoms with E-state index in [-0.39, 0.29) is 0 Å². The number of rotatable bonds is 1. The van der Waals surface area contributed by atoms with Crippen molar-refractivity contribution in [1.29, 1.82) is 0 Å². The van der Waals surface area contributed by atoms with Crippen molar-refractivity contribution in [1.82, 2.24) is 24.8 Å². The Bertz CT molecular complexity index is 630. The molecule has 0 aliphatic carbocycles. The molecule has 0 unspecified atom stereocenters. The summed E-state index contributed by atoms with van der Waals surface area (Å²) in [6, 6.07) is 7.60. The second-order valence-electron chi connectivity index (χ2n) is 3.50. The highest BCUT2D eigenvalue weighted by atomic mass is 15.4. The van der Waals surface area contributed by atoms with Crippen LogP contribution in [0.15, 0.2) is 36.7 Å². The van der Waals surface area contributed by atoms with Gasteiger partial charge in [-0.1, -0.05) is 13.8 Å². The third-order valence-corrected chi connectivity index (χ3v) is 2.33. The SMILES string of the molecule is CC.Cc1ccc2nnc(-c3ccncc3)n2n1. The zero-order chi connectivity index (χ0) is 13.0. The summed E-state index contributed by atoms with van der Waals surface area (Å²) in [6.45, 7) is 5.94. The molecule has 0 N–H and O–H groups in total. The fourth-order valence-corrected chi connectivity index (χ4v) is 1.56. The summed E-state index contributed by atoms with van der Waals surface area (Å²) in [5, 5.41) is 12.6. The molecule has 3 aromatic rings. The second-order valence-corrected chi connectivity index (χ2v) is 3.50. The summed E-state index contributed by atoms with van der Waals surface area (Å²) in [6.07, 6.45) is 3.46. The fourth-order valence-electron chi connectivity index (χ4n) is 1.56. The van der Waals surface area contributed by atoms with Crippen LogP contribution in [0.5, 0.6) is 0 Å². The van der Waals surface area contributed by atoms with E-state index in [1.165, 1.54) is 0 Å². The van der Waals surface area contributed by atoms with Crippen LogP contribution >= 0.6 is 0 Å². The van der Waals surface area contributed by atoms with Gasteiger partial charge < -0.3 is 0 Å². The van der Waals surface area contributed by atoms with Gasteiger partial charge in [-0.15, -0.1) is 10.2 Å². The van der Waals surface area contributed by atoms with Gasteiger partial charge in [0.15, 0.2) is 11.5 Å². The van der Waals surface area contributed by atoms with Gasteiger partial charge in [-0.25, -0.2) is 0 Å². The first kappa shape index (κ1) is 12.2. The normalized spacial score (nSPS) is 9.94. The lowest BCUT2D eigenvalue weighted by Crippen LogP contribution is -1.96. The third kappa shape index (κ3) is 2.20. The molecule has 5 heteroatoms. The number of aryl methyl sites for hydroxylation is 1. The van der Waals surface area contributed by atoms with Gasteiger partial charge >= 0.3 is 0 Å². The molecule has 0 bridgehead atoms. The number of pyridine rings is 1. The Morgan fingerprint density at radius 3 is 2.39 bits per heavy atom. The molecule has 0 saturated carbocycles. The quantitative estimate of drug-likeness (QED) is 0.657. The summed E-state index contributed by atoms with van der Waals surface area (Å²) in [4.78, 5) is 3.98. The molecule has 0 fully saturated rings. The van der Waals surface area contributed by atoms with E-state index in [4.69, 9.17) is 0 Å². The minimum atomic E-state index is 0.737. The van der Waals surface area contributed by atoms with Crippen LogP contribution in [0.4, 0.5) is 0 Å². The summed E-state index contributed by atoms with van der Waals surface area (Å²) < 4.78 is 1.74. The Kier molecular flexibility index (Phi) is 3.62. The van der Waals surface area contributed by atoms with Gasteiger partial charge in [0.25, 0.3) is 0 Å². The molecule has 0 radical (unpaired) electrons. The van der Waals surface area contributed by atoms with Crippen molar-refractivity contribution in [2.24, 2.45) is 0 Å². The van der Waals surface area contributed by atoms with E-state index < -0.39 is 0 Å². The van der Waals surface area contributed by atoms with E-state index in [2.05, 4.69) is 20.3 Å². The molecule has 0 saturated heterocycles. The van der Waals surface area contributed by atoms with E-state index in [9.17, 15) is 0 Å². The molecule has 5 nitrogen and oxygen atoms in total. The van der Waals surface area contributed by atoms with Gasteiger partial charge in [-0.3, -0.25) is 4.98 Å². The van der Waals surface area contributed by atoms with Gasteiger partial charge in [0, 0.05) is 18.0 Å². The molecular formula is C13H15N5. The average Bonchev–Trinajstić information content (AvgIpc) is 2.85. The first-order valence-electron chi connectivity index (χ1n) is 5.94. The number of nitrogens with zero attached hydrogens (tertiary/aromatic N) is 5. The monoisotopic (exact) mass is 241 g/mol. The van der Waals surface area contributed by atoms with Crippen molar-refractivity contribution < 1.29 is 0 Å². The molecule has 0 aromatic carbocycles. The third-order valence-electron chi connectivity index (χ3n) is 2.33. The second kappa shape index (κ2) is 5.35. The molecule has 3 aromatic heterocycles. The average molecular weight is 241 g/mol. The predicted octanol–water partition coefficient (Wildman–Crippen LogP) is 2.52. The van der Waals surface area contributed by atoms with Crippen LogP contribution < -0.4 is 0 Å². The standard InChI is InChI=1S/C11H9N5.C2H6/c1-8-2-3-10-13-14-11(16(10)15-8)9-4-6-12-7-5-9;1-2/h2-7H,1H3;1-2H3. The summed E-state index contributed by atoms with van der Waals surface area (Å²) in [5.74, 6) is 0.737. The van der Waals surface area contributed by atoms with Crippen LogP contribution in [0.2, 0.25) is 0 Å². The molecule has 3 heterocycles. The highest BCUT2D eigenvalue weighted by molar-refractivity contribution is 5.57. The topological polar surface area (TPSA) is 56.0 Å². The minimum absolute atomic E-state index is 0.737. The molecule has 0 atom stereocenters. The first-order valence-corrected chi connectivity index (χ1v) is 5.94. The molecule has 92 valence electrons. The lowest BCUT2D eigenvalue weighted by atomic mass is 10.2. The maximum Gasteiger partial charge on any atom is 0.185 e. The maximum absolute atomic E-state index is 4.38. The Morgan fingerprint density at radius 1 is 0.944 bits per heavy atom. The number of aromatic nitrogens is 5. The van der Waals surface area contributed by atoms with Crippen molar-refractivity contribution >= 4 is 5.65 Å². The zero-order valence-electron chi connectivity index (χ0n) is 10.7. The zero-order valence-corrected chi connectivity index (χ0v) is 10.7. The molecule has 18 heavy (non-hydrogen) atoms. The lowest BCUT2D eigenvalue weighted by molar-refractivity contribution is 0.901. The molecule has 3 rings (SSSR count). The summed E-state index contributed by atoms with van der Waals surface area (Å²) in [5.41, 5.74) is 2.64. The molecule has 0 aliphatic heterocycles. The Morgan fingerprint density at radius 2 is 1.67 bits per heavy atom. The largest absolute Gasteiger partial charge is 0.265 e. The van der Waals surface area contributed by atoms with Crippen LogP contribution in [0.25, 0.3) is 17.0 Å². The van der Waals surface area contributed by atoms with Gasteiger partial charge in [-0.2, -0.15) is 9.61 Å². The number of hydrogen-bond donors (Lipinski definition) is 0. The van der Waals surface area contributed by atoms with Crippen LogP contribution in [0.1, 0.15) is 19.5 Å². The Hall–Kier alpha value is -2.30. The van der Waals surface area contributed by atoms with Gasteiger partial charge in [0.1, 0.15) is 0 Å². The van der Waals surface area contributed by atoms with E-state index in [0.717, 1.165) is 22.7 Å². The molecule has 0 amide bonds. The van der Waals surface area contributed by atoms with Gasteiger partial charge in [-0.05, 0) is 31.2 Å². The van der Waals surface area contributed by atoms with Crippen LogP contribution in [0.3, 0.4) is 0 Å². The van der Waals surface area contributed by atoms with E-state index in [1.54, 1.807) is 16.9 Å². The van der Waals surface area contributed by atoms with Crippen LogP contribution in [0, 0.1) is 6.92 Å². The van der Waals surface area contributed by atoms with Crippen LogP contribution in [-0.2, 0) is 0 Å². The number of fused-ring (bicyclic) bond motifs is 1. The van der Waals surface area contributed by atoms with Crippen molar-refractivity contribution in [2.45, 2.75) is 20.8 Å². The smallest absolute Gasteiger partial charge is 0.185 e. The molecule has 0 spiro atoms. The van der Waals surface area contributed by atoms with E-state index in [1.807, 2.05) is 45.0 Å². The van der Waals surface area contributed by atoms with Crippen molar-refractivity contribution in [2.75, 3.05) is 0 Å². The van der Waals surface area contributed by atoms with Crippen molar-refractivity contribution in [3.8, 4) is 11.4 Å². The predicted molar refractivity (Wildman–Crippen MR) is 70.1 cm³/mol. The summed E-state index contributed by atoms with van der Waals surface area (Å²) >= 11 is 0. The first-order chi connectivity index (χ1) is 8.84.